The van der Waals surface area contributed by atoms with Crippen LogP contribution in [-0.2, 0) is 6.42 Å². The summed E-state index contributed by atoms with van der Waals surface area (Å²) in [4.78, 5) is 45.5. The molecule has 4 aromatic rings. The van der Waals surface area contributed by atoms with Crippen LogP contribution in [0, 0.1) is 0 Å². The van der Waals surface area contributed by atoms with Gasteiger partial charge in [0.25, 0.3) is 5.91 Å². The molecule has 200 valence electrons. The topological polar surface area (TPSA) is 105 Å². The number of pyridine rings is 1. The number of rotatable bonds is 7. The van der Waals surface area contributed by atoms with Crippen molar-refractivity contribution in [3.8, 4) is 16.8 Å². The highest BCUT2D eigenvalue weighted by Crippen LogP contribution is 2.33. The molecular formula is C27H25F2N7O3. The van der Waals surface area contributed by atoms with Crippen LogP contribution >= 0.6 is 0 Å². The Morgan fingerprint density at radius 2 is 1.77 bits per heavy atom. The number of benzene rings is 2. The molecule has 1 saturated heterocycles. The Morgan fingerprint density at radius 1 is 1.03 bits per heavy atom. The first-order chi connectivity index (χ1) is 18.8. The fraction of sp³-hybridized carbons (Fsp3) is 0.222. The van der Waals surface area contributed by atoms with E-state index in [4.69, 9.17) is 0 Å². The van der Waals surface area contributed by atoms with Gasteiger partial charge in [0.05, 0.1) is 5.69 Å². The average Bonchev–Trinajstić information content (AvgIpc) is 3.54. The van der Waals surface area contributed by atoms with Gasteiger partial charge >= 0.3 is 18.3 Å². The molecule has 10 nitrogen and oxygen atoms in total. The number of halogens is 2. The third-order valence-corrected chi connectivity index (χ3v) is 6.63. The molecule has 1 N–H and O–H groups in total. The summed E-state index contributed by atoms with van der Waals surface area (Å²) >= 11 is 0. The van der Waals surface area contributed by atoms with Crippen molar-refractivity contribution in [3.63, 3.8) is 0 Å². The smallest absolute Gasteiger partial charge is 0.355 e. The summed E-state index contributed by atoms with van der Waals surface area (Å²) in [5.41, 5.74) is 3.08. The highest BCUT2D eigenvalue weighted by atomic mass is 19.3. The van der Waals surface area contributed by atoms with Crippen molar-refractivity contribution in [1.82, 2.24) is 24.6 Å². The van der Waals surface area contributed by atoms with E-state index in [1.54, 1.807) is 71.6 Å². The molecule has 2 aromatic heterocycles. The number of nitrogens with zero attached hydrogens (tertiary/aromatic N) is 6. The van der Waals surface area contributed by atoms with Crippen LogP contribution < -0.4 is 20.8 Å². The predicted octanol–water partition coefficient (Wildman–Crippen LogP) is 3.86. The van der Waals surface area contributed by atoms with E-state index >= 15 is 0 Å². The predicted molar refractivity (Wildman–Crippen MR) is 142 cm³/mol. The fourth-order valence-electron chi connectivity index (χ4n) is 4.69. The third kappa shape index (κ3) is 4.65. The summed E-state index contributed by atoms with van der Waals surface area (Å²) in [6, 6.07) is 15.4. The Hall–Kier alpha value is -4.87. The van der Waals surface area contributed by atoms with Crippen LogP contribution in [0.1, 0.15) is 29.4 Å². The largest absolute Gasteiger partial charge is 0.355 e. The summed E-state index contributed by atoms with van der Waals surface area (Å²) in [6.45, 7) is -0.199. The standard InChI is InChI=1S/C27H25F2N7O3/c1-3-21-22(17-7-9-19(10-8-17)35-16-32-36(25(28)29)27(35)39)11-12-31-23(21)34-14-13-33(26(34)38)20-6-4-5-18(15-20)24(37)30-2/h4-12,15-16,25H,3,13-14H2,1-2H3,(H,30,37). The van der Waals surface area contributed by atoms with Gasteiger partial charge in [-0.05, 0) is 53.9 Å². The number of nitrogens with one attached hydrogen (secondary N) is 1. The summed E-state index contributed by atoms with van der Waals surface area (Å²) in [5.74, 6) is 0.310. The normalized spacial score (nSPS) is 13.4. The number of alkyl halides is 2. The summed E-state index contributed by atoms with van der Waals surface area (Å²) < 4.78 is 27.0. The molecule has 2 aromatic carbocycles. The molecule has 1 aliphatic rings. The monoisotopic (exact) mass is 533 g/mol. The van der Waals surface area contributed by atoms with E-state index in [0.29, 0.717) is 42.3 Å². The Labute approximate surface area is 222 Å². The number of carbonyl (C=O) groups is 2. The molecular weight excluding hydrogens is 508 g/mol. The van der Waals surface area contributed by atoms with Crippen molar-refractivity contribution >= 4 is 23.4 Å². The zero-order valence-electron chi connectivity index (χ0n) is 21.2. The maximum absolute atomic E-state index is 13.5. The van der Waals surface area contributed by atoms with Crippen molar-refractivity contribution in [2.24, 2.45) is 0 Å². The molecule has 39 heavy (non-hydrogen) atoms. The van der Waals surface area contributed by atoms with Crippen molar-refractivity contribution < 1.29 is 18.4 Å². The second-order valence-corrected chi connectivity index (χ2v) is 8.78. The fourth-order valence-corrected chi connectivity index (χ4v) is 4.69. The molecule has 0 spiro atoms. The van der Waals surface area contributed by atoms with Gasteiger partial charge in [0.1, 0.15) is 12.1 Å². The number of aromatic nitrogens is 4. The Balaban J connectivity index is 1.44. The zero-order valence-corrected chi connectivity index (χ0v) is 21.2. The van der Waals surface area contributed by atoms with Gasteiger partial charge in [-0.1, -0.05) is 25.1 Å². The molecule has 5 rings (SSSR count). The number of hydrogen-bond donors (Lipinski definition) is 1. The highest BCUT2D eigenvalue weighted by Gasteiger charge is 2.33. The van der Waals surface area contributed by atoms with Gasteiger partial charge in [-0.2, -0.15) is 13.9 Å². The van der Waals surface area contributed by atoms with Gasteiger partial charge < -0.3 is 5.32 Å². The molecule has 3 heterocycles. The zero-order chi connectivity index (χ0) is 27.7. The van der Waals surface area contributed by atoms with Crippen LogP contribution in [0.15, 0.2) is 71.9 Å². The van der Waals surface area contributed by atoms with Gasteiger partial charge in [0, 0.05) is 43.1 Å². The second-order valence-electron chi connectivity index (χ2n) is 8.78. The summed E-state index contributed by atoms with van der Waals surface area (Å²) in [5, 5.41) is 6.04. The third-order valence-electron chi connectivity index (χ3n) is 6.63. The molecule has 0 atom stereocenters. The number of anilines is 2. The van der Waals surface area contributed by atoms with E-state index in [-0.39, 0.29) is 16.6 Å². The molecule has 0 saturated carbocycles. The number of urea groups is 1. The average molecular weight is 534 g/mol. The van der Waals surface area contributed by atoms with Gasteiger partial charge in [0.15, 0.2) is 0 Å². The first-order valence-corrected chi connectivity index (χ1v) is 12.3. The Bertz CT molecular complexity index is 1600. The Kier molecular flexibility index (Phi) is 6.92. The molecule has 3 amide bonds. The second kappa shape index (κ2) is 10.5. The number of hydrogen-bond acceptors (Lipinski definition) is 5. The van der Waals surface area contributed by atoms with Crippen LogP contribution in [-0.4, -0.2) is 51.4 Å². The first kappa shape index (κ1) is 25.8. The lowest BCUT2D eigenvalue weighted by Gasteiger charge is -2.22. The van der Waals surface area contributed by atoms with Crippen LogP contribution in [0.25, 0.3) is 16.8 Å². The molecule has 1 fully saturated rings. The number of amides is 3. The maximum Gasteiger partial charge on any atom is 0.355 e. The van der Waals surface area contributed by atoms with Gasteiger partial charge in [0.2, 0.25) is 0 Å². The lowest BCUT2D eigenvalue weighted by molar-refractivity contribution is 0.0523. The van der Waals surface area contributed by atoms with Gasteiger partial charge in [-0.3, -0.25) is 14.6 Å². The van der Waals surface area contributed by atoms with E-state index in [0.717, 1.165) is 27.6 Å². The van der Waals surface area contributed by atoms with E-state index < -0.39 is 12.2 Å². The van der Waals surface area contributed by atoms with Gasteiger partial charge in [-0.15, -0.1) is 4.68 Å². The van der Waals surface area contributed by atoms with Crippen molar-refractivity contribution in [3.05, 3.63) is 88.7 Å². The van der Waals surface area contributed by atoms with Crippen LogP contribution in [0.4, 0.5) is 25.1 Å². The van der Waals surface area contributed by atoms with Crippen LogP contribution in [0.3, 0.4) is 0 Å². The molecule has 1 aliphatic heterocycles. The first-order valence-electron chi connectivity index (χ1n) is 12.3. The minimum Gasteiger partial charge on any atom is -0.355 e. The molecule has 0 bridgehead atoms. The minimum atomic E-state index is -3.02. The van der Waals surface area contributed by atoms with E-state index in [1.807, 2.05) is 13.0 Å². The SMILES string of the molecule is CCc1c(-c2ccc(-n3cnn(C(F)F)c3=O)cc2)ccnc1N1CCN(c2cccc(C(=O)NC)c2)C1=O. The van der Waals surface area contributed by atoms with Crippen LogP contribution in [0.2, 0.25) is 0 Å². The maximum atomic E-state index is 13.5. The minimum absolute atomic E-state index is 0.114. The lowest BCUT2D eigenvalue weighted by atomic mass is 9.98. The van der Waals surface area contributed by atoms with Gasteiger partial charge in [-0.25, -0.2) is 19.1 Å². The quantitative estimate of drug-likeness (QED) is 0.389. The molecule has 0 unspecified atom stereocenters. The lowest BCUT2D eigenvalue weighted by Crippen LogP contribution is -2.33. The van der Waals surface area contributed by atoms with Crippen molar-refractivity contribution in [2.45, 2.75) is 19.9 Å². The van der Waals surface area contributed by atoms with E-state index in [1.165, 1.54) is 0 Å². The summed E-state index contributed by atoms with van der Waals surface area (Å²) in [7, 11) is 1.55. The van der Waals surface area contributed by atoms with Crippen molar-refractivity contribution in [2.75, 3.05) is 29.9 Å². The van der Waals surface area contributed by atoms with E-state index in [9.17, 15) is 23.2 Å². The molecule has 0 aliphatic carbocycles. The van der Waals surface area contributed by atoms with Crippen LogP contribution in [0.5, 0.6) is 0 Å². The van der Waals surface area contributed by atoms with E-state index in [2.05, 4.69) is 15.4 Å². The molecule has 0 radical (unpaired) electrons. The Morgan fingerprint density at radius 3 is 2.44 bits per heavy atom. The molecule has 12 heteroatoms. The summed E-state index contributed by atoms with van der Waals surface area (Å²) in [6.07, 6.45) is 3.29. The van der Waals surface area contributed by atoms with Crippen molar-refractivity contribution in [1.29, 1.82) is 0 Å². The number of carbonyl (C=O) groups excluding carboxylic acids is 2. The highest BCUT2D eigenvalue weighted by molar-refractivity contribution is 6.07.